The maximum atomic E-state index is 12.0. The van der Waals surface area contributed by atoms with E-state index >= 15 is 0 Å². The van der Waals surface area contributed by atoms with Gasteiger partial charge in [-0.3, -0.25) is 14.5 Å². The molecule has 1 aliphatic rings. The third kappa shape index (κ3) is 3.48. The lowest BCUT2D eigenvalue weighted by Crippen LogP contribution is -2.50. The van der Waals surface area contributed by atoms with Gasteiger partial charge in [-0.15, -0.1) is 0 Å². The molecule has 0 spiro atoms. The van der Waals surface area contributed by atoms with Crippen molar-refractivity contribution >= 4 is 17.5 Å². The van der Waals surface area contributed by atoms with Crippen LogP contribution in [0.25, 0.3) is 0 Å². The Morgan fingerprint density at radius 1 is 1.35 bits per heavy atom. The summed E-state index contributed by atoms with van der Waals surface area (Å²) < 4.78 is 5.18. The Kier molecular flexibility index (Phi) is 4.57. The molecule has 0 aromatic heterocycles. The summed E-state index contributed by atoms with van der Waals surface area (Å²) in [6.45, 7) is 1.86. The predicted octanol–water partition coefficient (Wildman–Crippen LogP) is 0.408. The van der Waals surface area contributed by atoms with Gasteiger partial charge in [-0.2, -0.15) is 0 Å². The summed E-state index contributed by atoms with van der Waals surface area (Å²) in [6, 6.07) is 7.24. The lowest BCUT2D eigenvalue weighted by atomic mass is 10.2. The molecular formula is C14H19N3O3. The van der Waals surface area contributed by atoms with E-state index in [1.165, 1.54) is 0 Å². The van der Waals surface area contributed by atoms with Crippen molar-refractivity contribution in [2.75, 3.05) is 45.7 Å². The second-order valence-corrected chi connectivity index (χ2v) is 4.77. The number of para-hydroxylation sites is 2. The van der Waals surface area contributed by atoms with Gasteiger partial charge >= 0.3 is 0 Å². The Hall–Kier alpha value is -2.08. The Morgan fingerprint density at radius 3 is 2.80 bits per heavy atom. The Balaban J connectivity index is 1.91. The highest BCUT2D eigenvalue weighted by molar-refractivity contribution is 5.94. The van der Waals surface area contributed by atoms with Crippen LogP contribution in [-0.2, 0) is 9.59 Å². The molecule has 0 saturated carbocycles. The maximum absolute atomic E-state index is 12.0. The van der Waals surface area contributed by atoms with Gasteiger partial charge in [0.15, 0.2) is 0 Å². The lowest BCUT2D eigenvalue weighted by Gasteiger charge is -2.31. The van der Waals surface area contributed by atoms with Gasteiger partial charge in [0.05, 0.1) is 25.9 Å². The Labute approximate surface area is 118 Å². The highest BCUT2D eigenvalue weighted by atomic mass is 16.5. The lowest BCUT2D eigenvalue weighted by molar-refractivity contribution is -0.135. The largest absolute Gasteiger partial charge is 0.495 e. The molecule has 1 aromatic carbocycles. The van der Waals surface area contributed by atoms with Crippen LogP contribution < -0.4 is 10.1 Å². The van der Waals surface area contributed by atoms with E-state index in [4.69, 9.17) is 4.74 Å². The summed E-state index contributed by atoms with van der Waals surface area (Å²) in [7, 11) is 3.33. The minimum atomic E-state index is -0.146. The van der Waals surface area contributed by atoms with E-state index in [0.29, 0.717) is 24.5 Å². The van der Waals surface area contributed by atoms with E-state index in [9.17, 15) is 9.59 Å². The average Bonchev–Trinajstić information content (AvgIpc) is 2.43. The minimum Gasteiger partial charge on any atom is -0.495 e. The molecule has 0 aliphatic carbocycles. The van der Waals surface area contributed by atoms with Gasteiger partial charge in [0.25, 0.3) is 0 Å². The number of carbonyl (C=O) groups is 2. The van der Waals surface area contributed by atoms with Gasteiger partial charge in [0.1, 0.15) is 5.75 Å². The SMILES string of the molecule is COc1ccccc1NC(=O)CN1CCN(C)C(=O)C1. The number of anilines is 1. The molecule has 1 N–H and O–H groups in total. The van der Waals surface area contributed by atoms with Crippen LogP contribution in [-0.4, -0.2) is 62.0 Å². The number of nitrogens with one attached hydrogen (secondary N) is 1. The summed E-state index contributed by atoms with van der Waals surface area (Å²) in [4.78, 5) is 27.1. The molecule has 0 unspecified atom stereocenters. The molecule has 1 heterocycles. The van der Waals surface area contributed by atoms with Crippen molar-refractivity contribution in [2.45, 2.75) is 0 Å². The van der Waals surface area contributed by atoms with Crippen LogP contribution in [0.2, 0.25) is 0 Å². The van der Waals surface area contributed by atoms with Crippen molar-refractivity contribution in [3.8, 4) is 5.75 Å². The van der Waals surface area contributed by atoms with Gasteiger partial charge in [-0.05, 0) is 12.1 Å². The smallest absolute Gasteiger partial charge is 0.238 e. The molecule has 1 aromatic rings. The first-order valence-corrected chi connectivity index (χ1v) is 6.49. The molecule has 0 atom stereocenters. The van der Waals surface area contributed by atoms with Crippen LogP contribution in [0.3, 0.4) is 0 Å². The van der Waals surface area contributed by atoms with Crippen LogP contribution in [0.1, 0.15) is 0 Å². The number of piperazine rings is 1. The van der Waals surface area contributed by atoms with Gasteiger partial charge < -0.3 is 15.0 Å². The number of likely N-dealkylation sites (N-methyl/N-ethyl adjacent to an activating group) is 1. The standard InChI is InChI=1S/C14H19N3O3/c1-16-7-8-17(10-14(16)19)9-13(18)15-11-5-3-4-6-12(11)20-2/h3-6H,7-10H2,1-2H3,(H,15,18). The Bertz CT molecular complexity index is 504. The zero-order chi connectivity index (χ0) is 14.5. The highest BCUT2D eigenvalue weighted by Gasteiger charge is 2.22. The average molecular weight is 277 g/mol. The van der Waals surface area contributed by atoms with Crippen molar-refractivity contribution in [3.05, 3.63) is 24.3 Å². The first-order chi connectivity index (χ1) is 9.60. The monoisotopic (exact) mass is 277 g/mol. The quantitative estimate of drug-likeness (QED) is 0.866. The maximum Gasteiger partial charge on any atom is 0.238 e. The van der Waals surface area contributed by atoms with E-state index < -0.39 is 0 Å². The van der Waals surface area contributed by atoms with Gasteiger partial charge in [-0.1, -0.05) is 12.1 Å². The van der Waals surface area contributed by atoms with Crippen molar-refractivity contribution < 1.29 is 14.3 Å². The molecule has 0 radical (unpaired) electrons. The number of methoxy groups -OCH3 is 1. The number of amides is 2. The number of hydrogen-bond acceptors (Lipinski definition) is 4. The van der Waals surface area contributed by atoms with Gasteiger partial charge in [0.2, 0.25) is 11.8 Å². The van der Waals surface area contributed by atoms with Crippen LogP contribution in [0.15, 0.2) is 24.3 Å². The molecule has 1 saturated heterocycles. The second kappa shape index (κ2) is 6.38. The Morgan fingerprint density at radius 2 is 2.10 bits per heavy atom. The summed E-state index contributed by atoms with van der Waals surface area (Å²) in [6.07, 6.45) is 0. The number of benzene rings is 1. The molecular weight excluding hydrogens is 258 g/mol. The number of rotatable bonds is 4. The molecule has 6 heteroatoms. The van der Waals surface area contributed by atoms with E-state index in [1.54, 1.807) is 31.2 Å². The summed E-state index contributed by atoms with van der Waals surface area (Å²) in [5, 5.41) is 2.80. The minimum absolute atomic E-state index is 0.0429. The van der Waals surface area contributed by atoms with E-state index in [0.717, 1.165) is 0 Å². The van der Waals surface area contributed by atoms with Crippen LogP contribution >= 0.6 is 0 Å². The van der Waals surface area contributed by atoms with Gasteiger partial charge in [0, 0.05) is 20.1 Å². The van der Waals surface area contributed by atoms with Crippen LogP contribution in [0.5, 0.6) is 5.75 Å². The van der Waals surface area contributed by atoms with Crippen molar-refractivity contribution in [3.63, 3.8) is 0 Å². The molecule has 2 rings (SSSR count). The topological polar surface area (TPSA) is 61.9 Å². The van der Waals surface area contributed by atoms with E-state index in [1.807, 2.05) is 17.0 Å². The molecule has 0 bridgehead atoms. The summed E-state index contributed by atoms with van der Waals surface area (Å²) in [5.74, 6) is 0.517. The van der Waals surface area contributed by atoms with E-state index in [2.05, 4.69) is 5.32 Å². The molecule has 20 heavy (non-hydrogen) atoms. The fourth-order valence-corrected chi connectivity index (χ4v) is 2.08. The first-order valence-electron chi connectivity index (χ1n) is 6.49. The number of ether oxygens (including phenoxy) is 1. The van der Waals surface area contributed by atoms with Crippen molar-refractivity contribution in [1.29, 1.82) is 0 Å². The fraction of sp³-hybridized carbons (Fsp3) is 0.429. The molecule has 108 valence electrons. The number of carbonyl (C=O) groups excluding carboxylic acids is 2. The number of nitrogens with zero attached hydrogens (tertiary/aromatic N) is 2. The molecule has 6 nitrogen and oxygen atoms in total. The third-order valence-corrected chi connectivity index (χ3v) is 3.28. The normalized spacial score (nSPS) is 16.1. The van der Waals surface area contributed by atoms with Crippen molar-refractivity contribution in [2.24, 2.45) is 0 Å². The van der Waals surface area contributed by atoms with Crippen molar-refractivity contribution in [1.82, 2.24) is 9.80 Å². The van der Waals surface area contributed by atoms with Crippen LogP contribution in [0, 0.1) is 0 Å². The summed E-state index contributed by atoms with van der Waals surface area (Å²) >= 11 is 0. The molecule has 1 aliphatic heterocycles. The van der Waals surface area contributed by atoms with E-state index in [-0.39, 0.29) is 24.9 Å². The predicted molar refractivity (Wildman–Crippen MR) is 75.7 cm³/mol. The second-order valence-electron chi connectivity index (χ2n) is 4.77. The molecule has 2 amide bonds. The zero-order valence-corrected chi connectivity index (χ0v) is 11.8. The zero-order valence-electron chi connectivity index (χ0n) is 11.8. The molecule has 1 fully saturated rings. The fourth-order valence-electron chi connectivity index (χ4n) is 2.08. The first kappa shape index (κ1) is 14.3. The summed E-state index contributed by atoms with van der Waals surface area (Å²) in [5.41, 5.74) is 0.639. The third-order valence-electron chi connectivity index (χ3n) is 3.28. The number of hydrogen-bond donors (Lipinski definition) is 1. The highest BCUT2D eigenvalue weighted by Crippen LogP contribution is 2.22. The van der Waals surface area contributed by atoms with Gasteiger partial charge in [-0.25, -0.2) is 0 Å². The van der Waals surface area contributed by atoms with Crippen LogP contribution in [0.4, 0.5) is 5.69 Å².